The Morgan fingerprint density at radius 3 is 2.38 bits per heavy atom. The molecule has 1 aromatic heterocycles. The van der Waals surface area contributed by atoms with Gasteiger partial charge in [-0.15, -0.1) is 11.3 Å². The van der Waals surface area contributed by atoms with Crippen molar-refractivity contribution in [1.82, 2.24) is 0 Å². The van der Waals surface area contributed by atoms with Crippen molar-refractivity contribution in [3.8, 4) is 11.5 Å². The number of hydrogen-bond donors (Lipinski definition) is 3. The van der Waals surface area contributed by atoms with Gasteiger partial charge in [-0.2, -0.15) is 0 Å². The summed E-state index contributed by atoms with van der Waals surface area (Å²) in [5.41, 5.74) is 8.07. The van der Waals surface area contributed by atoms with Crippen LogP contribution >= 0.6 is 11.3 Å². The lowest BCUT2D eigenvalue weighted by molar-refractivity contribution is -0.122. The van der Waals surface area contributed by atoms with Gasteiger partial charge in [0, 0.05) is 16.1 Å². The maximum atomic E-state index is 12.9. The van der Waals surface area contributed by atoms with Crippen LogP contribution in [0.4, 0.5) is 10.7 Å². The van der Waals surface area contributed by atoms with Crippen LogP contribution in [0.5, 0.6) is 11.5 Å². The van der Waals surface area contributed by atoms with Gasteiger partial charge in [0.2, 0.25) is 0 Å². The van der Waals surface area contributed by atoms with Gasteiger partial charge < -0.3 is 25.8 Å². The molecule has 0 unspecified atom stereocenters. The smallest absolute Gasteiger partial charge is 0.265 e. The van der Waals surface area contributed by atoms with E-state index < -0.39 is 12.0 Å². The number of benzene rings is 2. The SMILES string of the molecule is CCOc1ccc(NC(=O)[C@H](C)Oc2ccc(C(=O)Nc3sc4c(c3C(N)=O)CC[C@@H](C)C4)cc2)cc1. The standard InChI is InChI=1S/C28H31N3O5S/c1-4-35-20-12-8-19(9-13-20)30-26(33)17(3)36-21-10-6-18(7-11-21)27(34)31-28-24(25(29)32)22-14-5-16(2)15-23(22)37-28/h6-13,16-17H,4-5,14-15H2,1-3H3,(H2,29,32)(H,30,33)(H,31,34)/t16-,17+/m1/s1. The van der Waals surface area contributed by atoms with Crippen molar-refractivity contribution < 1.29 is 23.9 Å². The first-order valence-corrected chi connectivity index (χ1v) is 13.1. The topological polar surface area (TPSA) is 120 Å². The predicted octanol–water partition coefficient (Wildman–Crippen LogP) is 5.03. The molecule has 4 rings (SSSR count). The summed E-state index contributed by atoms with van der Waals surface area (Å²) >= 11 is 1.43. The highest BCUT2D eigenvalue weighted by atomic mass is 32.1. The fourth-order valence-electron chi connectivity index (χ4n) is 4.26. The molecule has 3 amide bonds. The molecular formula is C28H31N3O5S. The minimum absolute atomic E-state index is 0.305. The number of carbonyl (C=O) groups is 3. The van der Waals surface area contributed by atoms with Crippen molar-refractivity contribution >= 4 is 39.7 Å². The number of nitrogens with two attached hydrogens (primary N) is 1. The van der Waals surface area contributed by atoms with Crippen LogP contribution in [0.2, 0.25) is 0 Å². The second kappa shape index (κ2) is 11.5. The van der Waals surface area contributed by atoms with Crippen LogP contribution in [0, 0.1) is 5.92 Å². The minimum atomic E-state index is -0.760. The number of primary amides is 1. The molecular weight excluding hydrogens is 490 g/mol. The average Bonchev–Trinajstić information content (AvgIpc) is 3.22. The van der Waals surface area contributed by atoms with Gasteiger partial charge in [0.25, 0.3) is 17.7 Å². The van der Waals surface area contributed by atoms with Crippen molar-refractivity contribution in [3.63, 3.8) is 0 Å². The molecule has 0 saturated carbocycles. The number of fused-ring (bicyclic) bond motifs is 1. The van der Waals surface area contributed by atoms with Gasteiger partial charge in [0.15, 0.2) is 6.10 Å². The Morgan fingerprint density at radius 2 is 1.73 bits per heavy atom. The summed E-state index contributed by atoms with van der Waals surface area (Å²) in [6, 6.07) is 13.6. The third kappa shape index (κ3) is 6.29. The van der Waals surface area contributed by atoms with Crippen LogP contribution in [-0.4, -0.2) is 30.4 Å². The van der Waals surface area contributed by atoms with Crippen LogP contribution < -0.4 is 25.8 Å². The zero-order valence-electron chi connectivity index (χ0n) is 21.1. The van der Waals surface area contributed by atoms with Crippen LogP contribution in [0.25, 0.3) is 0 Å². The second-order valence-electron chi connectivity index (χ2n) is 9.11. The number of ether oxygens (including phenoxy) is 2. The molecule has 4 N–H and O–H groups in total. The number of hydrogen-bond acceptors (Lipinski definition) is 6. The van der Waals surface area contributed by atoms with E-state index in [1.54, 1.807) is 55.5 Å². The molecule has 0 bridgehead atoms. The van der Waals surface area contributed by atoms with Gasteiger partial charge in [-0.1, -0.05) is 6.92 Å². The van der Waals surface area contributed by atoms with E-state index in [0.29, 0.717) is 40.1 Å². The highest BCUT2D eigenvalue weighted by Gasteiger charge is 2.27. The number of rotatable bonds is 9. The van der Waals surface area contributed by atoms with Gasteiger partial charge in [-0.05, 0) is 93.1 Å². The van der Waals surface area contributed by atoms with Gasteiger partial charge >= 0.3 is 0 Å². The Kier molecular flexibility index (Phi) is 8.13. The quantitative estimate of drug-likeness (QED) is 0.365. The number of anilines is 2. The van der Waals surface area contributed by atoms with Crippen molar-refractivity contribution in [2.45, 2.75) is 46.1 Å². The second-order valence-corrected chi connectivity index (χ2v) is 10.2. The molecule has 3 aromatic rings. The van der Waals surface area contributed by atoms with Gasteiger partial charge in [-0.3, -0.25) is 14.4 Å². The molecule has 8 nitrogen and oxygen atoms in total. The molecule has 0 aliphatic heterocycles. The van der Waals surface area contributed by atoms with E-state index in [4.69, 9.17) is 15.2 Å². The Labute approximate surface area is 220 Å². The van der Waals surface area contributed by atoms with Crippen molar-refractivity contribution in [3.05, 3.63) is 70.1 Å². The molecule has 194 valence electrons. The minimum Gasteiger partial charge on any atom is -0.494 e. The average molecular weight is 522 g/mol. The van der Waals surface area contributed by atoms with E-state index in [0.717, 1.165) is 35.5 Å². The molecule has 0 radical (unpaired) electrons. The van der Waals surface area contributed by atoms with E-state index in [1.165, 1.54) is 11.3 Å². The molecule has 1 aliphatic rings. The fraction of sp³-hybridized carbons (Fsp3) is 0.321. The zero-order chi connectivity index (χ0) is 26.5. The Morgan fingerprint density at radius 1 is 1.05 bits per heavy atom. The van der Waals surface area contributed by atoms with E-state index >= 15 is 0 Å². The van der Waals surface area contributed by atoms with Crippen molar-refractivity contribution in [1.29, 1.82) is 0 Å². The lowest BCUT2D eigenvalue weighted by Gasteiger charge is -2.18. The first kappa shape index (κ1) is 26.2. The number of thiophene rings is 1. The third-order valence-corrected chi connectivity index (χ3v) is 7.39. The highest BCUT2D eigenvalue weighted by molar-refractivity contribution is 7.17. The first-order valence-electron chi connectivity index (χ1n) is 12.3. The highest BCUT2D eigenvalue weighted by Crippen LogP contribution is 2.39. The van der Waals surface area contributed by atoms with E-state index in [2.05, 4.69) is 17.6 Å². The molecule has 9 heteroatoms. The normalized spacial score (nSPS) is 15.3. The first-order chi connectivity index (χ1) is 17.7. The molecule has 0 spiro atoms. The zero-order valence-corrected chi connectivity index (χ0v) is 21.9. The van der Waals surface area contributed by atoms with Gasteiger partial charge in [-0.25, -0.2) is 0 Å². The molecule has 0 saturated heterocycles. The third-order valence-electron chi connectivity index (χ3n) is 6.22. The largest absolute Gasteiger partial charge is 0.494 e. The molecule has 37 heavy (non-hydrogen) atoms. The van der Waals surface area contributed by atoms with Crippen molar-refractivity contribution in [2.24, 2.45) is 11.7 Å². The van der Waals surface area contributed by atoms with Crippen LogP contribution in [0.3, 0.4) is 0 Å². The molecule has 0 fully saturated rings. The predicted molar refractivity (Wildman–Crippen MR) is 145 cm³/mol. The van der Waals surface area contributed by atoms with Gasteiger partial charge in [0.05, 0.1) is 12.2 Å². The summed E-state index contributed by atoms with van der Waals surface area (Å²) in [5, 5.41) is 6.16. The summed E-state index contributed by atoms with van der Waals surface area (Å²) in [6.45, 7) is 6.30. The summed E-state index contributed by atoms with van der Waals surface area (Å²) in [6.07, 6.45) is 1.91. The Bertz CT molecular complexity index is 1280. The van der Waals surface area contributed by atoms with Crippen LogP contribution in [0.1, 0.15) is 58.3 Å². The molecule has 2 aromatic carbocycles. The van der Waals surface area contributed by atoms with E-state index in [1.807, 2.05) is 6.92 Å². The fourth-order valence-corrected chi connectivity index (χ4v) is 5.67. The Balaban J connectivity index is 1.37. The van der Waals surface area contributed by atoms with Crippen LogP contribution in [0.15, 0.2) is 48.5 Å². The summed E-state index contributed by atoms with van der Waals surface area (Å²) in [4.78, 5) is 38.7. The number of amides is 3. The molecule has 1 heterocycles. The molecule has 1 aliphatic carbocycles. The van der Waals surface area contributed by atoms with Crippen molar-refractivity contribution in [2.75, 3.05) is 17.2 Å². The summed E-state index contributed by atoms with van der Waals surface area (Å²) in [7, 11) is 0. The van der Waals surface area contributed by atoms with Crippen LogP contribution in [-0.2, 0) is 17.6 Å². The number of nitrogens with one attached hydrogen (secondary N) is 2. The number of carbonyl (C=O) groups excluding carboxylic acids is 3. The molecule has 2 atom stereocenters. The lowest BCUT2D eigenvalue weighted by atomic mass is 9.88. The van der Waals surface area contributed by atoms with E-state index in [9.17, 15) is 14.4 Å². The van der Waals surface area contributed by atoms with E-state index in [-0.39, 0.29) is 11.8 Å². The summed E-state index contributed by atoms with van der Waals surface area (Å²) in [5.74, 6) is 0.539. The maximum Gasteiger partial charge on any atom is 0.265 e. The summed E-state index contributed by atoms with van der Waals surface area (Å²) < 4.78 is 11.2. The maximum absolute atomic E-state index is 12.9. The lowest BCUT2D eigenvalue weighted by Crippen LogP contribution is -2.30. The monoisotopic (exact) mass is 521 g/mol. The van der Waals surface area contributed by atoms with Gasteiger partial charge in [0.1, 0.15) is 16.5 Å². The Hall–Kier alpha value is -3.85.